The van der Waals surface area contributed by atoms with Gasteiger partial charge in [0.2, 0.25) is 5.75 Å². The number of anilines is 1. The van der Waals surface area contributed by atoms with Crippen molar-refractivity contribution in [3.05, 3.63) is 87.6 Å². The van der Waals surface area contributed by atoms with Crippen molar-refractivity contribution in [3.63, 3.8) is 0 Å². The van der Waals surface area contributed by atoms with Gasteiger partial charge in [0.25, 0.3) is 5.56 Å². The number of ether oxygens (including phenoxy) is 2. The molecular weight excluding hydrogens is 410 g/mol. The second-order valence-corrected chi connectivity index (χ2v) is 6.77. The number of methoxy groups -OCH3 is 1. The smallest absolute Gasteiger partial charge is 0.360 e. The van der Waals surface area contributed by atoms with Crippen molar-refractivity contribution < 1.29 is 19.1 Å². The lowest BCUT2D eigenvalue weighted by atomic mass is 9.97. The standard InChI is InChI=1S/C22H19N3O5.C2H6/c1-29-22(28)17-18(30-21(27)14-8-3-2-4-9-14)20(26)25-19(24-17)16-12-11-13-7-5-6-10-15(13)23-16;1-2/h2-10,16,23H,11-12H2,1H3,(H,24,25,26);1-2H3. The summed E-state index contributed by atoms with van der Waals surface area (Å²) in [5.74, 6) is -1.86. The van der Waals surface area contributed by atoms with Crippen molar-refractivity contribution in [1.82, 2.24) is 9.97 Å². The summed E-state index contributed by atoms with van der Waals surface area (Å²) in [7, 11) is 1.17. The van der Waals surface area contributed by atoms with E-state index in [1.165, 1.54) is 7.11 Å². The zero-order chi connectivity index (χ0) is 23.1. The maximum atomic E-state index is 12.7. The quantitative estimate of drug-likeness (QED) is 0.598. The van der Waals surface area contributed by atoms with Gasteiger partial charge in [-0.25, -0.2) is 14.6 Å². The monoisotopic (exact) mass is 435 g/mol. The molecule has 0 spiro atoms. The molecule has 1 aliphatic heterocycles. The number of H-pyrrole nitrogens is 1. The summed E-state index contributed by atoms with van der Waals surface area (Å²) >= 11 is 0. The Morgan fingerprint density at radius 2 is 1.69 bits per heavy atom. The first kappa shape index (κ1) is 22.7. The lowest BCUT2D eigenvalue weighted by molar-refractivity contribution is 0.0583. The summed E-state index contributed by atoms with van der Waals surface area (Å²) in [5, 5.41) is 3.32. The van der Waals surface area contributed by atoms with Crippen LogP contribution >= 0.6 is 0 Å². The molecule has 0 amide bonds. The Morgan fingerprint density at radius 1 is 1.00 bits per heavy atom. The summed E-state index contributed by atoms with van der Waals surface area (Å²) < 4.78 is 9.97. The number of benzene rings is 2. The van der Waals surface area contributed by atoms with E-state index in [0.717, 1.165) is 17.7 Å². The molecule has 1 unspecified atom stereocenters. The fourth-order valence-corrected chi connectivity index (χ4v) is 3.34. The Bertz CT molecular complexity index is 1160. The molecule has 4 rings (SSSR count). The van der Waals surface area contributed by atoms with Crippen molar-refractivity contribution in [2.24, 2.45) is 0 Å². The Balaban J connectivity index is 0.00000141. The number of fused-ring (bicyclic) bond motifs is 1. The topological polar surface area (TPSA) is 110 Å². The van der Waals surface area contributed by atoms with Crippen LogP contribution in [0.5, 0.6) is 5.75 Å². The number of para-hydroxylation sites is 1. The van der Waals surface area contributed by atoms with E-state index < -0.39 is 23.2 Å². The SMILES string of the molecule is CC.COC(=O)c1nc(C2CCc3ccccc3N2)[nH]c(=O)c1OC(=O)c1ccccc1. The van der Waals surface area contributed by atoms with Gasteiger partial charge in [0.1, 0.15) is 5.82 Å². The zero-order valence-corrected chi connectivity index (χ0v) is 18.2. The highest BCUT2D eigenvalue weighted by Gasteiger charge is 2.27. The van der Waals surface area contributed by atoms with Gasteiger partial charge in [-0.1, -0.05) is 50.2 Å². The Morgan fingerprint density at radius 3 is 2.41 bits per heavy atom. The predicted octanol–water partition coefficient (Wildman–Crippen LogP) is 3.90. The number of hydrogen-bond donors (Lipinski definition) is 2. The summed E-state index contributed by atoms with van der Waals surface area (Å²) in [6.45, 7) is 4.00. The summed E-state index contributed by atoms with van der Waals surface area (Å²) in [6.07, 6.45) is 1.46. The second kappa shape index (κ2) is 10.4. The molecule has 2 aromatic carbocycles. The summed E-state index contributed by atoms with van der Waals surface area (Å²) in [4.78, 5) is 44.3. The number of aryl methyl sites for hydroxylation is 1. The molecule has 8 heteroatoms. The first-order valence-corrected chi connectivity index (χ1v) is 10.4. The number of aromatic nitrogens is 2. The van der Waals surface area contributed by atoms with Gasteiger partial charge in [-0.05, 0) is 36.6 Å². The van der Waals surface area contributed by atoms with Gasteiger partial charge in [0, 0.05) is 5.69 Å². The molecule has 1 atom stereocenters. The highest BCUT2D eigenvalue weighted by Crippen LogP contribution is 2.31. The van der Waals surface area contributed by atoms with Gasteiger partial charge in [-0.15, -0.1) is 0 Å². The van der Waals surface area contributed by atoms with Crippen LogP contribution < -0.4 is 15.6 Å². The molecule has 2 N–H and O–H groups in total. The molecule has 3 aromatic rings. The molecule has 0 saturated carbocycles. The molecule has 0 fully saturated rings. The van der Waals surface area contributed by atoms with E-state index in [4.69, 9.17) is 9.47 Å². The Kier molecular flexibility index (Phi) is 7.38. The zero-order valence-electron chi connectivity index (χ0n) is 18.2. The third-order valence-electron chi connectivity index (χ3n) is 4.86. The highest BCUT2D eigenvalue weighted by atomic mass is 16.5. The number of carbonyl (C=O) groups excluding carboxylic acids is 2. The molecule has 2 heterocycles. The van der Waals surface area contributed by atoms with Crippen LogP contribution in [0.3, 0.4) is 0 Å². The molecule has 0 bridgehead atoms. The van der Waals surface area contributed by atoms with E-state index >= 15 is 0 Å². The maximum absolute atomic E-state index is 12.7. The third kappa shape index (κ3) is 4.85. The first-order valence-electron chi connectivity index (χ1n) is 10.4. The van der Waals surface area contributed by atoms with Crippen molar-refractivity contribution in [1.29, 1.82) is 0 Å². The number of carbonyl (C=O) groups is 2. The maximum Gasteiger partial charge on any atom is 0.360 e. The average Bonchev–Trinajstić information content (AvgIpc) is 2.86. The highest BCUT2D eigenvalue weighted by molar-refractivity contribution is 5.94. The van der Waals surface area contributed by atoms with E-state index in [-0.39, 0.29) is 23.1 Å². The number of esters is 2. The van der Waals surface area contributed by atoms with Gasteiger partial charge in [-0.2, -0.15) is 0 Å². The predicted molar refractivity (Wildman–Crippen MR) is 120 cm³/mol. The molecular formula is C24H25N3O5. The van der Waals surface area contributed by atoms with Crippen LogP contribution in [-0.4, -0.2) is 29.0 Å². The van der Waals surface area contributed by atoms with Crippen LogP contribution in [-0.2, 0) is 11.2 Å². The van der Waals surface area contributed by atoms with Gasteiger partial charge in [0.05, 0.1) is 18.7 Å². The number of rotatable bonds is 4. The van der Waals surface area contributed by atoms with Crippen molar-refractivity contribution in [3.8, 4) is 5.75 Å². The van der Waals surface area contributed by atoms with Gasteiger partial charge in [-0.3, -0.25) is 4.79 Å². The van der Waals surface area contributed by atoms with Crippen LogP contribution in [0.4, 0.5) is 5.69 Å². The average molecular weight is 435 g/mol. The van der Waals surface area contributed by atoms with E-state index in [0.29, 0.717) is 6.42 Å². The van der Waals surface area contributed by atoms with E-state index in [2.05, 4.69) is 15.3 Å². The van der Waals surface area contributed by atoms with Crippen LogP contribution in [0, 0.1) is 0 Å². The van der Waals surface area contributed by atoms with Crippen LogP contribution in [0.15, 0.2) is 59.4 Å². The molecule has 166 valence electrons. The minimum absolute atomic E-state index is 0.238. The molecule has 0 aliphatic carbocycles. The number of aromatic amines is 1. The number of nitrogens with zero attached hydrogens (tertiary/aromatic N) is 1. The summed E-state index contributed by atoms with van der Waals surface area (Å²) in [6, 6.07) is 15.7. The Hall–Kier alpha value is -3.94. The largest absolute Gasteiger partial charge is 0.464 e. The van der Waals surface area contributed by atoms with Gasteiger partial charge < -0.3 is 19.8 Å². The normalized spacial score (nSPS) is 14.2. The van der Waals surface area contributed by atoms with Crippen molar-refractivity contribution in [2.45, 2.75) is 32.7 Å². The first-order chi connectivity index (χ1) is 15.6. The van der Waals surface area contributed by atoms with Crippen molar-refractivity contribution in [2.75, 3.05) is 12.4 Å². The molecule has 8 nitrogen and oxygen atoms in total. The molecule has 32 heavy (non-hydrogen) atoms. The molecule has 1 aromatic heterocycles. The van der Waals surface area contributed by atoms with Gasteiger partial charge in [0.15, 0.2) is 5.69 Å². The molecule has 0 saturated heterocycles. The second-order valence-electron chi connectivity index (χ2n) is 6.77. The third-order valence-corrected chi connectivity index (χ3v) is 4.86. The minimum atomic E-state index is -0.866. The summed E-state index contributed by atoms with van der Waals surface area (Å²) in [5.41, 5.74) is 1.27. The fourth-order valence-electron chi connectivity index (χ4n) is 3.34. The lowest BCUT2D eigenvalue weighted by Gasteiger charge is -2.26. The van der Waals surface area contributed by atoms with E-state index in [1.54, 1.807) is 30.3 Å². The van der Waals surface area contributed by atoms with Crippen molar-refractivity contribution >= 4 is 17.6 Å². The van der Waals surface area contributed by atoms with Crippen LogP contribution in [0.1, 0.15) is 58.5 Å². The number of nitrogens with one attached hydrogen (secondary N) is 2. The molecule has 1 aliphatic rings. The van der Waals surface area contributed by atoms with Gasteiger partial charge >= 0.3 is 11.9 Å². The van der Waals surface area contributed by atoms with E-state index in [1.807, 2.05) is 38.1 Å². The lowest BCUT2D eigenvalue weighted by Crippen LogP contribution is -2.28. The minimum Gasteiger partial charge on any atom is -0.464 e. The Labute approximate surface area is 185 Å². The van der Waals surface area contributed by atoms with E-state index in [9.17, 15) is 14.4 Å². The van der Waals surface area contributed by atoms with Crippen LogP contribution in [0.25, 0.3) is 0 Å². The fraction of sp³-hybridized carbons (Fsp3) is 0.250. The number of hydrogen-bond acceptors (Lipinski definition) is 7. The van der Waals surface area contributed by atoms with Crippen LogP contribution in [0.2, 0.25) is 0 Å². The molecule has 0 radical (unpaired) electrons.